The minimum Gasteiger partial charge on any atom is -0.480 e. The third-order valence-corrected chi connectivity index (χ3v) is 6.09. The highest BCUT2D eigenvalue weighted by atomic mass is 32.2. The summed E-state index contributed by atoms with van der Waals surface area (Å²) in [4.78, 5) is 12.2. The van der Waals surface area contributed by atoms with Crippen molar-refractivity contribution in [3.63, 3.8) is 0 Å². The van der Waals surface area contributed by atoms with Crippen LogP contribution in [0.4, 0.5) is 5.69 Å². The Morgan fingerprint density at radius 3 is 2.12 bits per heavy atom. The van der Waals surface area contributed by atoms with Crippen LogP contribution in [0.5, 0.6) is 0 Å². The lowest BCUT2D eigenvalue weighted by molar-refractivity contribution is -0.135. The van der Waals surface area contributed by atoms with E-state index in [0.717, 1.165) is 21.2 Å². The number of thioether (sulfide) groups is 1. The lowest BCUT2D eigenvalue weighted by Gasteiger charge is -2.23. The Morgan fingerprint density at radius 2 is 1.67 bits per heavy atom. The molecular weight excluding hydrogens is 346 g/mol. The van der Waals surface area contributed by atoms with E-state index in [1.165, 1.54) is 23.9 Å². The molecule has 0 saturated carbocycles. The second kappa shape index (κ2) is 7.72. The third-order valence-electron chi connectivity index (χ3n) is 3.56. The third kappa shape index (κ3) is 4.10. The summed E-state index contributed by atoms with van der Waals surface area (Å²) in [5, 5.41) is 9.13. The number of hydrogen-bond donors (Lipinski definition) is 1. The van der Waals surface area contributed by atoms with E-state index in [-0.39, 0.29) is 4.90 Å². The maximum Gasteiger partial charge on any atom is 0.324 e. The molecule has 0 unspecified atom stereocenters. The molecule has 2 rings (SSSR count). The van der Waals surface area contributed by atoms with Crippen LogP contribution in [0, 0.1) is 0 Å². The van der Waals surface area contributed by atoms with E-state index in [1.807, 2.05) is 13.2 Å². The van der Waals surface area contributed by atoms with Crippen LogP contribution >= 0.6 is 11.8 Å². The van der Waals surface area contributed by atoms with E-state index < -0.39 is 22.5 Å². The Morgan fingerprint density at radius 1 is 1.08 bits per heavy atom. The van der Waals surface area contributed by atoms with Crippen LogP contribution in [0.3, 0.4) is 0 Å². The van der Waals surface area contributed by atoms with Crippen molar-refractivity contribution < 1.29 is 18.3 Å². The van der Waals surface area contributed by atoms with Gasteiger partial charge in [0.1, 0.15) is 6.54 Å². The molecule has 2 aromatic carbocycles. The number of anilines is 1. The van der Waals surface area contributed by atoms with Crippen LogP contribution in [-0.4, -0.2) is 32.3 Å². The molecule has 0 aliphatic heterocycles. The molecule has 0 aromatic heterocycles. The SMILES string of the molecule is CCc1ccc(N(CC(=O)O)S(=O)(=O)c2ccc(SC)cc2)cc1. The molecule has 0 atom stereocenters. The Hall–Kier alpha value is -1.99. The fourth-order valence-electron chi connectivity index (χ4n) is 2.21. The van der Waals surface area contributed by atoms with Crippen molar-refractivity contribution in [1.82, 2.24) is 0 Å². The van der Waals surface area contributed by atoms with Crippen molar-refractivity contribution in [2.24, 2.45) is 0 Å². The lowest BCUT2D eigenvalue weighted by Crippen LogP contribution is -2.35. The molecule has 0 fully saturated rings. The minimum atomic E-state index is -3.95. The van der Waals surface area contributed by atoms with Crippen molar-refractivity contribution >= 4 is 33.4 Å². The van der Waals surface area contributed by atoms with E-state index >= 15 is 0 Å². The summed E-state index contributed by atoms with van der Waals surface area (Å²) in [5.41, 5.74) is 1.39. The number of nitrogens with zero attached hydrogens (tertiary/aromatic N) is 1. The number of aliphatic carboxylic acids is 1. The maximum atomic E-state index is 12.9. The molecule has 0 radical (unpaired) electrons. The number of sulfonamides is 1. The van der Waals surface area contributed by atoms with Gasteiger partial charge in [0.15, 0.2) is 0 Å². The Balaban J connectivity index is 2.45. The normalized spacial score (nSPS) is 11.2. The molecule has 7 heteroatoms. The van der Waals surface area contributed by atoms with Crippen molar-refractivity contribution in [3.05, 3.63) is 54.1 Å². The molecule has 24 heavy (non-hydrogen) atoms. The van der Waals surface area contributed by atoms with Crippen molar-refractivity contribution in [1.29, 1.82) is 0 Å². The summed E-state index contributed by atoms with van der Waals surface area (Å²) >= 11 is 1.51. The largest absolute Gasteiger partial charge is 0.480 e. The summed E-state index contributed by atoms with van der Waals surface area (Å²) in [6.07, 6.45) is 2.72. The Labute approximate surface area is 146 Å². The van der Waals surface area contributed by atoms with Gasteiger partial charge >= 0.3 is 5.97 Å². The highest BCUT2D eigenvalue weighted by molar-refractivity contribution is 7.98. The topological polar surface area (TPSA) is 74.7 Å². The summed E-state index contributed by atoms with van der Waals surface area (Å²) in [6.45, 7) is 1.37. The first-order valence-electron chi connectivity index (χ1n) is 7.36. The standard InChI is InChI=1S/C17H19NO4S2/c1-3-13-4-6-14(7-5-13)18(12-17(19)20)24(21,22)16-10-8-15(23-2)9-11-16/h4-11H,3,12H2,1-2H3,(H,19,20). The fraction of sp³-hybridized carbons (Fsp3) is 0.235. The first-order chi connectivity index (χ1) is 11.4. The van der Waals surface area contributed by atoms with E-state index in [9.17, 15) is 13.2 Å². The van der Waals surface area contributed by atoms with Crippen LogP contribution in [-0.2, 0) is 21.2 Å². The summed E-state index contributed by atoms with van der Waals surface area (Å²) in [5.74, 6) is -1.21. The number of rotatable bonds is 7. The number of carboxylic acids is 1. The molecule has 0 heterocycles. The highest BCUT2D eigenvalue weighted by Crippen LogP contribution is 2.25. The smallest absolute Gasteiger partial charge is 0.324 e. The highest BCUT2D eigenvalue weighted by Gasteiger charge is 2.27. The van der Waals surface area contributed by atoms with Gasteiger partial charge in [-0.1, -0.05) is 19.1 Å². The van der Waals surface area contributed by atoms with Gasteiger partial charge < -0.3 is 5.11 Å². The summed E-state index contributed by atoms with van der Waals surface area (Å²) < 4.78 is 26.7. The lowest BCUT2D eigenvalue weighted by atomic mass is 10.1. The Bertz CT molecular complexity index is 799. The van der Waals surface area contributed by atoms with Gasteiger partial charge in [-0.3, -0.25) is 9.10 Å². The average Bonchev–Trinajstić information content (AvgIpc) is 2.59. The molecule has 0 aliphatic carbocycles. The second-order valence-corrected chi connectivity index (χ2v) is 7.84. The molecule has 1 N–H and O–H groups in total. The van der Waals surface area contributed by atoms with E-state index in [1.54, 1.807) is 36.4 Å². The van der Waals surface area contributed by atoms with Gasteiger partial charge in [-0.2, -0.15) is 0 Å². The van der Waals surface area contributed by atoms with Gasteiger partial charge in [0.05, 0.1) is 10.6 Å². The molecule has 128 valence electrons. The predicted octanol–water partition coefficient (Wildman–Crippen LogP) is 3.25. The first kappa shape index (κ1) is 18.4. The number of hydrogen-bond acceptors (Lipinski definition) is 4. The zero-order valence-electron chi connectivity index (χ0n) is 13.5. The zero-order valence-corrected chi connectivity index (χ0v) is 15.1. The summed E-state index contributed by atoms with van der Waals surface area (Å²) in [6, 6.07) is 13.3. The minimum absolute atomic E-state index is 0.0705. The van der Waals surface area contributed by atoms with Crippen LogP contribution in [0.1, 0.15) is 12.5 Å². The predicted molar refractivity (Wildman–Crippen MR) is 96.2 cm³/mol. The first-order valence-corrected chi connectivity index (χ1v) is 10.0. The Kier molecular flexibility index (Phi) is 5.90. The van der Waals surface area contributed by atoms with Gasteiger partial charge in [-0.25, -0.2) is 8.42 Å². The number of carbonyl (C=O) groups is 1. The van der Waals surface area contributed by atoms with Crippen molar-refractivity contribution in [2.75, 3.05) is 17.1 Å². The molecule has 0 bridgehead atoms. The van der Waals surface area contributed by atoms with Crippen molar-refractivity contribution in [3.8, 4) is 0 Å². The second-order valence-electron chi connectivity index (χ2n) is 5.10. The molecule has 5 nitrogen and oxygen atoms in total. The van der Waals surface area contributed by atoms with Gasteiger partial charge in [-0.05, 0) is 54.6 Å². The number of benzene rings is 2. The van der Waals surface area contributed by atoms with E-state index in [2.05, 4.69) is 0 Å². The van der Waals surface area contributed by atoms with E-state index in [0.29, 0.717) is 5.69 Å². The number of carboxylic acid groups (broad SMARTS) is 1. The molecule has 0 amide bonds. The van der Waals surface area contributed by atoms with Crippen molar-refractivity contribution in [2.45, 2.75) is 23.1 Å². The average molecular weight is 365 g/mol. The zero-order chi connectivity index (χ0) is 17.7. The van der Waals surface area contributed by atoms with Crippen LogP contribution in [0.2, 0.25) is 0 Å². The van der Waals surface area contributed by atoms with Gasteiger partial charge in [-0.15, -0.1) is 11.8 Å². The van der Waals surface area contributed by atoms with Crippen LogP contribution in [0.15, 0.2) is 58.3 Å². The maximum absolute atomic E-state index is 12.9. The fourth-order valence-corrected chi connectivity index (χ4v) is 4.03. The molecule has 0 aliphatic rings. The quantitative estimate of drug-likeness (QED) is 0.763. The van der Waals surface area contributed by atoms with Crippen LogP contribution in [0.25, 0.3) is 0 Å². The van der Waals surface area contributed by atoms with E-state index in [4.69, 9.17) is 5.11 Å². The van der Waals surface area contributed by atoms with Gasteiger partial charge in [0.25, 0.3) is 10.0 Å². The van der Waals surface area contributed by atoms with Gasteiger partial charge in [0, 0.05) is 4.90 Å². The van der Waals surface area contributed by atoms with Crippen LogP contribution < -0.4 is 4.31 Å². The number of aryl methyl sites for hydroxylation is 1. The molecule has 2 aromatic rings. The molecule has 0 spiro atoms. The van der Waals surface area contributed by atoms with Gasteiger partial charge in [0.2, 0.25) is 0 Å². The molecule has 0 saturated heterocycles. The molecular formula is C17H19NO4S2. The summed E-state index contributed by atoms with van der Waals surface area (Å²) in [7, 11) is -3.95. The monoisotopic (exact) mass is 365 g/mol.